The molecule has 5 nitrogen and oxygen atoms in total. The van der Waals surface area contributed by atoms with Crippen LogP contribution in [0.15, 0.2) is 66.6 Å². The van der Waals surface area contributed by atoms with Crippen LogP contribution < -0.4 is 0 Å². The van der Waals surface area contributed by atoms with Crippen molar-refractivity contribution in [2.45, 2.75) is 37.8 Å². The van der Waals surface area contributed by atoms with Crippen molar-refractivity contribution in [2.24, 2.45) is 0 Å². The van der Waals surface area contributed by atoms with Crippen molar-refractivity contribution in [1.29, 1.82) is 0 Å². The molecule has 1 aliphatic carbocycles. The highest BCUT2D eigenvalue weighted by Crippen LogP contribution is 2.37. The smallest absolute Gasteiger partial charge is 0.433 e. The van der Waals surface area contributed by atoms with E-state index in [0.29, 0.717) is 25.1 Å². The van der Waals surface area contributed by atoms with Crippen molar-refractivity contribution in [3.05, 3.63) is 77.8 Å². The van der Waals surface area contributed by atoms with Gasteiger partial charge in [-0.1, -0.05) is 29.9 Å². The van der Waals surface area contributed by atoms with E-state index in [1.54, 1.807) is 11.1 Å². The molecule has 8 heteroatoms. The van der Waals surface area contributed by atoms with Crippen molar-refractivity contribution in [3.8, 4) is 0 Å². The number of halogens is 3. The first-order chi connectivity index (χ1) is 14.4. The molecule has 1 aromatic rings. The van der Waals surface area contributed by atoms with Crippen molar-refractivity contribution >= 4 is 6.03 Å². The number of hydrogen-bond acceptors (Lipinski definition) is 3. The van der Waals surface area contributed by atoms with Gasteiger partial charge >= 0.3 is 12.2 Å². The third kappa shape index (κ3) is 4.42. The second-order valence-electron chi connectivity index (χ2n) is 7.53. The number of carbonyl (C=O) groups is 1. The Balaban J connectivity index is 1.44. The van der Waals surface area contributed by atoms with E-state index in [0.717, 1.165) is 19.0 Å². The van der Waals surface area contributed by atoms with Crippen LogP contribution >= 0.6 is 0 Å². The molecule has 1 atom stereocenters. The molecule has 4 rings (SSSR count). The molecule has 2 amide bonds. The summed E-state index contributed by atoms with van der Waals surface area (Å²) in [6.45, 7) is 0.609. The van der Waals surface area contributed by atoms with Gasteiger partial charge in [-0.05, 0) is 30.9 Å². The van der Waals surface area contributed by atoms with Crippen molar-refractivity contribution < 1.29 is 22.7 Å². The molecular formula is C22H22F3N3O2. The van der Waals surface area contributed by atoms with Crippen LogP contribution in [-0.4, -0.2) is 33.9 Å². The molecule has 1 unspecified atom stereocenters. The minimum absolute atomic E-state index is 0.145. The topological polar surface area (TPSA) is 45.7 Å². The van der Waals surface area contributed by atoms with Gasteiger partial charge < -0.3 is 9.64 Å². The number of carbonyl (C=O) groups excluding carboxylic acids is 1. The fraction of sp³-hybridized carbons (Fsp3) is 0.364. The Hall–Kier alpha value is -3.03. The lowest BCUT2D eigenvalue weighted by Crippen LogP contribution is -2.37. The zero-order valence-electron chi connectivity index (χ0n) is 16.3. The standard InChI is InChI=1S/C22H22F3N3O2/c23-22(24,25)20-19(7-4-9-26-20)17-8-10-27(14-17)21(29)28-11-12-30-18(15-28)13-16-5-2-1-3-6-16/h1-2,4-5,7,9,11-12,15,17H,3,6,8,10,13-14H2. The first kappa shape index (κ1) is 20.3. The lowest BCUT2D eigenvalue weighted by atomic mass is 9.96. The largest absolute Gasteiger partial charge is 0.466 e. The van der Waals surface area contributed by atoms with Crippen molar-refractivity contribution in [2.75, 3.05) is 13.1 Å². The Bertz CT molecular complexity index is 934. The zero-order chi connectivity index (χ0) is 21.1. The number of alkyl halides is 3. The summed E-state index contributed by atoms with van der Waals surface area (Å²) in [6, 6.07) is 2.68. The first-order valence-electron chi connectivity index (χ1n) is 9.90. The highest BCUT2D eigenvalue weighted by atomic mass is 19.4. The number of urea groups is 1. The average Bonchev–Trinajstić information content (AvgIpc) is 3.24. The number of hydrogen-bond donors (Lipinski definition) is 0. The summed E-state index contributed by atoms with van der Waals surface area (Å²) in [4.78, 5) is 19.5. The molecule has 3 aliphatic rings. The summed E-state index contributed by atoms with van der Waals surface area (Å²) in [5.74, 6) is 0.265. The molecule has 3 heterocycles. The summed E-state index contributed by atoms with van der Waals surface area (Å²) < 4.78 is 45.4. The second-order valence-corrected chi connectivity index (χ2v) is 7.53. The normalized spacial score (nSPS) is 21.4. The van der Waals surface area contributed by atoms with Gasteiger partial charge in [-0.25, -0.2) is 4.79 Å². The maximum Gasteiger partial charge on any atom is 0.433 e. The molecule has 0 aromatic carbocycles. The maximum absolute atomic E-state index is 13.3. The minimum atomic E-state index is -4.51. The van der Waals surface area contributed by atoms with E-state index in [-0.39, 0.29) is 18.1 Å². The van der Waals surface area contributed by atoms with E-state index in [1.807, 2.05) is 6.08 Å². The van der Waals surface area contributed by atoms with Gasteiger partial charge in [0.2, 0.25) is 0 Å². The zero-order valence-corrected chi connectivity index (χ0v) is 16.3. The second kappa shape index (κ2) is 8.38. The van der Waals surface area contributed by atoms with Crippen LogP contribution in [0.2, 0.25) is 0 Å². The number of nitrogens with zero attached hydrogens (tertiary/aromatic N) is 3. The number of aromatic nitrogens is 1. The van der Waals surface area contributed by atoms with Crippen LogP contribution in [0.1, 0.15) is 42.9 Å². The maximum atomic E-state index is 13.3. The van der Waals surface area contributed by atoms with E-state index in [1.165, 1.54) is 35.1 Å². The summed E-state index contributed by atoms with van der Waals surface area (Å²) in [7, 11) is 0. The van der Waals surface area contributed by atoms with E-state index in [9.17, 15) is 18.0 Å². The van der Waals surface area contributed by atoms with E-state index in [4.69, 9.17) is 4.74 Å². The highest BCUT2D eigenvalue weighted by molar-refractivity contribution is 5.77. The lowest BCUT2D eigenvalue weighted by molar-refractivity contribution is -0.142. The minimum Gasteiger partial charge on any atom is -0.466 e. The van der Waals surface area contributed by atoms with E-state index < -0.39 is 17.8 Å². The Morgan fingerprint density at radius 3 is 2.97 bits per heavy atom. The van der Waals surface area contributed by atoms with E-state index >= 15 is 0 Å². The van der Waals surface area contributed by atoms with Gasteiger partial charge in [0.25, 0.3) is 0 Å². The Labute approximate surface area is 172 Å². The summed E-state index contributed by atoms with van der Waals surface area (Å²) >= 11 is 0. The number of ether oxygens (including phenoxy) is 1. The van der Waals surface area contributed by atoms with Gasteiger partial charge in [0.05, 0.1) is 6.20 Å². The number of amides is 2. The van der Waals surface area contributed by atoms with Crippen LogP contribution in [0.5, 0.6) is 0 Å². The average molecular weight is 417 g/mol. The number of likely N-dealkylation sites (tertiary alicyclic amines) is 1. The molecule has 0 saturated carbocycles. The van der Waals surface area contributed by atoms with Gasteiger partial charge in [0.1, 0.15) is 17.7 Å². The molecule has 30 heavy (non-hydrogen) atoms. The fourth-order valence-electron chi connectivity index (χ4n) is 3.98. The number of allylic oxidation sites excluding steroid dienone is 4. The Morgan fingerprint density at radius 1 is 1.33 bits per heavy atom. The molecule has 1 aromatic heterocycles. The van der Waals surface area contributed by atoms with Gasteiger partial charge in [0.15, 0.2) is 0 Å². The van der Waals surface area contributed by atoms with Crippen LogP contribution in [-0.2, 0) is 10.9 Å². The molecule has 1 saturated heterocycles. The Morgan fingerprint density at radius 2 is 2.20 bits per heavy atom. The molecule has 2 aliphatic heterocycles. The van der Waals surface area contributed by atoms with Crippen LogP contribution in [0.3, 0.4) is 0 Å². The third-order valence-corrected chi connectivity index (χ3v) is 5.45. The van der Waals surface area contributed by atoms with Crippen molar-refractivity contribution in [3.63, 3.8) is 0 Å². The predicted molar refractivity (Wildman–Crippen MR) is 105 cm³/mol. The fourth-order valence-corrected chi connectivity index (χ4v) is 3.98. The summed E-state index contributed by atoms with van der Waals surface area (Å²) in [5, 5.41) is 0. The van der Waals surface area contributed by atoms with Gasteiger partial charge in [-0.2, -0.15) is 13.2 Å². The predicted octanol–water partition coefficient (Wildman–Crippen LogP) is 5.32. The van der Waals surface area contributed by atoms with Crippen LogP contribution in [0, 0.1) is 0 Å². The van der Waals surface area contributed by atoms with Gasteiger partial charge in [0, 0.05) is 37.8 Å². The summed E-state index contributed by atoms with van der Waals surface area (Å²) in [5.41, 5.74) is 0.503. The van der Waals surface area contributed by atoms with Crippen LogP contribution in [0.25, 0.3) is 0 Å². The van der Waals surface area contributed by atoms with Gasteiger partial charge in [-0.15, -0.1) is 0 Å². The third-order valence-electron chi connectivity index (χ3n) is 5.45. The van der Waals surface area contributed by atoms with E-state index in [2.05, 4.69) is 17.1 Å². The first-order valence-corrected chi connectivity index (χ1v) is 9.90. The van der Waals surface area contributed by atoms with Crippen molar-refractivity contribution in [1.82, 2.24) is 14.8 Å². The molecule has 0 N–H and O–H groups in total. The quantitative estimate of drug-likeness (QED) is 0.669. The Kier molecular flexibility index (Phi) is 5.65. The molecule has 0 spiro atoms. The number of rotatable bonds is 3. The molecule has 158 valence electrons. The van der Waals surface area contributed by atoms with Crippen LogP contribution in [0.4, 0.5) is 18.0 Å². The lowest BCUT2D eigenvalue weighted by Gasteiger charge is -2.26. The molecule has 1 fully saturated rings. The van der Waals surface area contributed by atoms with Gasteiger partial charge in [-0.3, -0.25) is 9.88 Å². The molecule has 0 bridgehead atoms. The molecular weight excluding hydrogens is 395 g/mol. The summed E-state index contributed by atoms with van der Waals surface area (Å²) in [6.07, 6.45) is 10.5. The number of pyridine rings is 1. The monoisotopic (exact) mass is 417 g/mol. The SMILES string of the molecule is O=C(N1C=COC(CC2=CC=CCC2)=C1)N1CCC(c2cccnc2C(F)(F)F)C1. The molecule has 0 radical (unpaired) electrons. The highest BCUT2D eigenvalue weighted by Gasteiger charge is 2.39.